The molecule has 1 rings (SSSR count). The molecule has 0 fully saturated rings. The molecule has 0 amide bonds. The van der Waals surface area contributed by atoms with E-state index in [0.717, 1.165) is 0 Å². The van der Waals surface area contributed by atoms with E-state index in [1.807, 2.05) is 20.8 Å². The standard InChI is InChI=1S/C14H23NO4/c1-4-18-13(19-5-2)9-15-10(3)14-11(16)7-6-8-12(14)17/h6-8,10,13,15-17H,4-5,9H2,1-3H3. The number of hydrogen-bond donors (Lipinski definition) is 3. The summed E-state index contributed by atoms with van der Waals surface area (Å²) in [4.78, 5) is 0. The monoisotopic (exact) mass is 269 g/mol. The van der Waals surface area contributed by atoms with Crippen LogP contribution in [0.5, 0.6) is 11.5 Å². The summed E-state index contributed by atoms with van der Waals surface area (Å²) in [6, 6.07) is 4.50. The molecule has 108 valence electrons. The Morgan fingerprint density at radius 3 is 2.11 bits per heavy atom. The highest BCUT2D eigenvalue weighted by molar-refractivity contribution is 5.44. The van der Waals surface area contributed by atoms with E-state index in [1.54, 1.807) is 18.2 Å². The molecular weight excluding hydrogens is 246 g/mol. The molecule has 1 aromatic carbocycles. The van der Waals surface area contributed by atoms with Gasteiger partial charge in [-0.05, 0) is 32.9 Å². The summed E-state index contributed by atoms with van der Waals surface area (Å²) in [7, 11) is 0. The highest BCUT2D eigenvalue weighted by Gasteiger charge is 2.16. The number of ether oxygens (including phenoxy) is 2. The number of benzene rings is 1. The van der Waals surface area contributed by atoms with Gasteiger partial charge in [0, 0.05) is 25.8 Å². The van der Waals surface area contributed by atoms with Crippen molar-refractivity contribution in [3.05, 3.63) is 23.8 Å². The number of phenolic OH excluding ortho intramolecular Hbond substituents is 2. The van der Waals surface area contributed by atoms with Crippen LogP contribution in [0.2, 0.25) is 0 Å². The van der Waals surface area contributed by atoms with Gasteiger partial charge in [-0.15, -0.1) is 0 Å². The maximum absolute atomic E-state index is 9.77. The number of hydrogen-bond acceptors (Lipinski definition) is 5. The first-order chi connectivity index (χ1) is 9.10. The van der Waals surface area contributed by atoms with Crippen LogP contribution in [-0.2, 0) is 9.47 Å². The zero-order valence-electron chi connectivity index (χ0n) is 11.7. The number of rotatable bonds is 8. The van der Waals surface area contributed by atoms with Gasteiger partial charge in [-0.25, -0.2) is 0 Å². The molecule has 5 heteroatoms. The van der Waals surface area contributed by atoms with E-state index in [1.165, 1.54) is 0 Å². The van der Waals surface area contributed by atoms with Crippen molar-refractivity contribution < 1.29 is 19.7 Å². The van der Waals surface area contributed by atoms with Crippen molar-refractivity contribution in [2.45, 2.75) is 33.1 Å². The van der Waals surface area contributed by atoms with E-state index < -0.39 is 0 Å². The number of aromatic hydroxyl groups is 2. The third-order valence-electron chi connectivity index (χ3n) is 2.79. The molecular formula is C14H23NO4. The molecule has 0 aliphatic heterocycles. The van der Waals surface area contributed by atoms with Gasteiger partial charge in [0.2, 0.25) is 0 Å². The van der Waals surface area contributed by atoms with Crippen molar-refractivity contribution in [1.29, 1.82) is 0 Å². The van der Waals surface area contributed by atoms with Gasteiger partial charge >= 0.3 is 0 Å². The van der Waals surface area contributed by atoms with Crippen LogP contribution in [0, 0.1) is 0 Å². The molecule has 0 aliphatic carbocycles. The van der Waals surface area contributed by atoms with Crippen LogP contribution in [-0.4, -0.2) is 36.3 Å². The smallest absolute Gasteiger partial charge is 0.169 e. The van der Waals surface area contributed by atoms with E-state index in [4.69, 9.17) is 9.47 Å². The van der Waals surface area contributed by atoms with Gasteiger partial charge in [0.05, 0.1) is 5.56 Å². The zero-order chi connectivity index (χ0) is 14.3. The Labute approximate surface area is 114 Å². The van der Waals surface area contributed by atoms with Gasteiger partial charge < -0.3 is 25.0 Å². The molecule has 0 aliphatic rings. The van der Waals surface area contributed by atoms with E-state index in [0.29, 0.717) is 25.3 Å². The maximum Gasteiger partial charge on any atom is 0.169 e. The molecule has 1 aromatic rings. The van der Waals surface area contributed by atoms with E-state index in [9.17, 15) is 10.2 Å². The second-order valence-corrected chi connectivity index (χ2v) is 4.18. The molecule has 0 heterocycles. The summed E-state index contributed by atoms with van der Waals surface area (Å²) in [5, 5.41) is 22.7. The van der Waals surface area contributed by atoms with Crippen molar-refractivity contribution in [3.63, 3.8) is 0 Å². The van der Waals surface area contributed by atoms with Crippen molar-refractivity contribution >= 4 is 0 Å². The Bertz CT molecular complexity index is 357. The van der Waals surface area contributed by atoms with Crippen molar-refractivity contribution in [2.24, 2.45) is 0 Å². The van der Waals surface area contributed by atoms with Crippen LogP contribution < -0.4 is 5.32 Å². The van der Waals surface area contributed by atoms with E-state index in [-0.39, 0.29) is 23.8 Å². The third kappa shape index (κ3) is 4.70. The first kappa shape index (κ1) is 15.8. The second kappa shape index (κ2) is 7.99. The van der Waals surface area contributed by atoms with Gasteiger partial charge in [0.15, 0.2) is 6.29 Å². The minimum Gasteiger partial charge on any atom is -0.507 e. The zero-order valence-corrected chi connectivity index (χ0v) is 11.7. The largest absolute Gasteiger partial charge is 0.507 e. The molecule has 19 heavy (non-hydrogen) atoms. The Balaban J connectivity index is 2.61. The van der Waals surface area contributed by atoms with Crippen LogP contribution in [0.3, 0.4) is 0 Å². The highest BCUT2D eigenvalue weighted by Crippen LogP contribution is 2.31. The summed E-state index contributed by atoms with van der Waals surface area (Å²) >= 11 is 0. The van der Waals surface area contributed by atoms with Gasteiger partial charge in [-0.2, -0.15) is 0 Å². The summed E-state index contributed by atoms with van der Waals surface area (Å²) in [6.45, 7) is 7.31. The maximum atomic E-state index is 9.77. The topological polar surface area (TPSA) is 71.0 Å². The average molecular weight is 269 g/mol. The third-order valence-corrected chi connectivity index (χ3v) is 2.79. The fourth-order valence-electron chi connectivity index (χ4n) is 1.90. The quantitative estimate of drug-likeness (QED) is 0.631. The Morgan fingerprint density at radius 2 is 1.63 bits per heavy atom. The van der Waals surface area contributed by atoms with E-state index in [2.05, 4.69) is 5.32 Å². The van der Waals surface area contributed by atoms with Gasteiger partial charge in [0.1, 0.15) is 11.5 Å². The van der Waals surface area contributed by atoms with Crippen LogP contribution in [0.1, 0.15) is 32.4 Å². The van der Waals surface area contributed by atoms with Crippen LogP contribution >= 0.6 is 0 Å². The number of phenols is 2. The molecule has 0 bridgehead atoms. The van der Waals surface area contributed by atoms with Crippen molar-refractivity contribution in [2.75, 3.05) is 19.8 Å². The molecule has 0 aromatic heterocycles. The highest BCUT2D eigenvalue weighted by atomic mass is 16.7. The number of nitrogens with one attached hydrogen (secondary N) is 1. The first-order valence-electron chi connectivity index (χ1n) is 6.57. The predicted molar refractivity (Wildman–Crippen MR) is 73.2 cm³/mol. The minimum absolute atomic E-state index is 0.0735. The van der Waals surface area contributed by atoms with Crippen LogP contribution in [0.15, 0.2) is 18.2 Å². The fraction of sp³-hybridized carbons (Fsp3) is 0.571. The van der Waals surface area contributed by atoms with Gasteiger partial charge in [0.25, 0.3) is 0 Å². The van der Waals surface area contributed by atoms with Crippen LogP contribution in [0.25, 0.3) is 0 Å². The summed E-state index contributed by atoms with van der Waals surface area (Å²) < 4.78 is 10.8. The lowest BCUT2D eigenvalue weighted by atomic mass is 10.1. The van der Waals surface area contributed by atoms with Crippen molar-refractivity contribution in [3.8, 4) is 11.5 Å². The summed E-state index contributed by atoms with van der Waals surface area (Å²) in [6.07, 6.45) is -0.328. The lowest BCUT2D eigenvalue weighted by Gasteiger charge is -2.21. The van der Waals surface area contributed by atoms with Crippen molar-refractivity contribution in [1.82, 2.24) is 5.32 Å². The summed E-state index contributed by atoms with van der Waals surface area (Å²) in [5.74, 6) is 0.147. The normalized spacial score (nSPS) is 12.8. The Hall–Kier alpha value is -1.30. The molecule has 1 atom stereocenters. The fourth-order valence-corrected chi connectivity index (χ4v) is 1.90. The molecule has 0 radical (unpaired) electrons. The molecule has 0 saturated carbocycles. The molecule has 0 spiro atoms. The minimum atomic E-state index is -0.328. The lowest BCUT2D eigenvalue weighted by molar-refractivity contribution is -0.133. The van der Waals surface area contributed by atoms with Crippen LogP contribution in [0.4, 0.5) is 0 Å². The van der Waals surface area contributed by atoms with Gasteiger partial charge in [-0.1, -0.05) is 6.07 Å². The van der Waals surface area contributed by atoms with E-state index >= 15 is 0 Å². The Kier molecular flexibility index (Phi) is 6.62. The average Bonchev–Trinajstić information content (AvgIpc) is 2.36. The second-order valence-electron chi connectivity index (χ2n) is 4.18. The molecule has 5 nitrogen and oxygen atoms in total. The Morgan fingerprint density at radius 1 is 1.11 bits per heavy atom. The molecule has 1 unspecified atom stereocenters. The lowest BCUT2D eigenvalue weighted by Crippen LogP contribution is -2.33. The summed E-state index contributed by atoms with van der Waals surface area (Å²) in [5.41, 5.74) is 0.481. The molecule has 3 N–H and O–H groups in total. The molecule has 0 saturated heterocycles. The van der Waals surface area contributed by atoms with Gasteiger partial charge in [-0.3, -0.25) is 0 Å². The predicted octanol–water partition coefficient (Wildman–Crippen LogP) is 2.15. The first-order valence-corrected chi connectivity index (χ1v) is 6.57. The SMILES string of the molecule is CCOC(CNC(C)c1c(O)cccc1O)OCC.